The van der Waals surface area contributed by atoms with Crippen LogP contribution < -0.4 is 68.8 Å². The molecule has 2 radical (unpaired) electrons. The summed E-state index contributed by atoms with van der Waals surface area (Å²) in [6, 6.07) is 3.58. The molecule has 0 spiro atoms. The summed E-state index contributed by atoms with van der Waals surface area (Å²) in [7, 11) is 6.08. The minimum Gasteiger partial charge on any atom is -0.522 e. The molecule has 2 rings (SSSR count). The van der Waals surface area contributed by atoms with E-state index in [4.69, 9.17) is 18.3 Å². The van der Waals surface area contributed by atoms with Crippen molar-refractivity contribution in [2.24, 2.45) is 0 Å². The molecule has 2 heterocycles. The van der Waals surface area contributed by atoms with Crippen LogP contribution in [0.3, 0.4) is 0 Å². The van der Waals surface area contributed by atoms with Crippen LogP contribution in [0.25, 0.3) is 0 Å². The Morgan fingerprint density at radius 3 is 2.59 bits per heavy atom. The predicted octanol–water partition coefficient (Wildman–Crippen LogP) is -1.62. The molecule has 8 heteroatoms. The number of anilines is 2. The second-order valence-electron chi connectivity index (χ2n) is 5.99. The standard InChI is InChI=1S/C14H20BN4O2.Rb/c1-14(2,3)21-13(20)18-6-7-19(11(15)9-18)10-4-5-12(16)17-8-10;/h4-5,8H,6-7,9H2,1-3H3,(H2,16,17);/q-1;+1. The fourth-order valence-electron chi connectivity index (χ4n) is 2.06. The van der Waals surface area contributed by atoms with Gasteiger partial charge in [0.15, 0.2) is 0 Å². The average Bonchev–Trinajstić information content (AvgIpc) is 2.38. The number of piperazine rings is 1. The molecule has 112 valence electrons. The molecule has 1 aliphatic heterocycles. The van der Waals surface area contributed by atoms with Gasteiger partial charge in [-0.1, -0.05) is 6.54 Å². The van der Waals surface area contributed by atoms with Crippen molar-refractivity contribution in [3.8, 4) is 0 Å². The predicted molar refractivity (Wildman–Crippen MR) is 82.8 cm³/mol. The number of nitrogens with two attached hydrogens (primary N) is 1. The van der Waals surface area contributed by atoms with Gasteiger partial charge in [-0.15, -0.1) is 0 Å². The van der Waals surface area contributed by atoms with Crippen molar-refractivity contribution in [1.82, 2.24) is 9.88 Å². The van der Waals surface area contributed by atoms with Crippen molar-refractivity contribution in [2.75, 3.05) is 30.3 Å². The molecule has 6 nitrogen and oxygen atoms in total. The first kappa shape index (κ1) is 19.9. The molecule has 0 atom stereocenters. The van der Waals surface area contributed by atoms with E-state index >= 15 is 0 Å². The topological polar surface area (TPSA) is 71.7 Å². The van der Waals surface area contributed by atoms with Gasteiger partial charge in [-0.05, 0) is 32.9 Å². The van der Waals surface area contributed by atoms with E-state index in [0.717, 1.165) is 5.69 Å². The van der Waals surface area contributed by atoms with Crippen molar-refractivity contribution in [1.29, 1.82) is 0 Å². The van der Waals surface area contributed by atoms with Gasteiger partial charge in [-0.25, -0.2) is 15.7 Å². The van der Waals surface area contributed by atoms with Gasteiger partial charge in [0, 0.05) is 18.8 Å². The minimum absolute atomic E-state index is 0. The van der Waals surface area contributed by atoms with Crippen LogP contribution in [0.1, 0.15) is 20.8 Å². The summed E-state index contributed by atoms with van der Waals surface area (Å²) in [5.74, 6) is 1.04. The van der Waals surface area contributed by atoms with Crippen molar-refractivity contribution < 1.29 is 67.7 Å². The number of aromatic nitrogens is 1. The number of carbonyl (C=O) groups is 1. The third-order valence-corrected chi connectivity index (χ3v) is 3.03. The minimum atomic E-state index is -0.510. The fourth-order valence-corrected chi connectivity index (χ4v) is 2.06. The zero-order valence-corrected chi connectivity index (χ0v) is 18.6. The Morgan fingerprint density at radius 2 is 2.09 bits per heavy atom. The fraction of sp³-hybridized carbons (Fsp3) is 0.500. The molecule has 1 saturated heterocycles. The van der Waals surface area contributed by atoms with E-state index in [0.29, 0.717) is 31.4 Å². The molecule has 1 fully saturated rings. The largest absolute Gasteiger partial charge is 1.00 e. The molecule has 22 heavy (non-hydrogen) atoms. The van der Waals surface area contributed by atoms with E-state index in [2.05, 4.69) is 4.98 Å². The van der Waals surface area contributed by atoms with Crippen molar-refractivity contribution >= 4 is 25.4 Å². The van der Waals surface area contributed by atoms with Gasteiger partial charge in [0.2, 0.25) is 0 Å². The second kappa shape index (κ2) is 8.13. The second-order valence-corrected chi connectivity index (χ2v) is 5.99. The molecule has 0 saturated carbocycles. The summed E-state index contributed by atoms with van der Waals surface area (Å²) in [5, 5.41) is 0. The number of carbonyl (C=O) groups excluding carboxylic acids is 1. The van der Waals surface area contributed by atoms with Crippen molar-refractivity contribution in [3.63, 3.8) is 0 Å². The number of hydrogen-bond donors (Lipinski definition) is 1. The van der Waals surface area contributed by atoms with Crippen LogP contribution in [0.15, 0.2) is 18.3 Å². The van der Waals surface area contributed by atoms with Crippen LogP contribution in [-0.4, -0.2) is 49.1 Å². The first-order chi connectivity index (χ1) is 9.76. The molecule has 2 N–H and O–H groups in total. The average molecular weight is 373 g/mol. The van der Waals surface area contributed by atoms with E-state index in [1.807, 2.05) is 31.7 Å². The molecule has 1 aliphatic rings. The van der Waals surface area contributed by atoms with Gasteiger partial charge in [0.05, 0.1) is 6.20 Å². The molecular formula is C14H20BN4O2Rb. The third-order valence-electron chi connectivity index (χ3n) is 3.03. The van der Waals surface area contributed by atoms with Crippen molar-refractivity contribution in [2.45, 2.75) is 26.4 Å². The van der Waals surface area contributed by atoms with E-state index in [9.17, 15) is 4.79 Å². The summed E-state index contributed by atoms with van der Waals surface area (Å²) in [6.07, 6.45) is 1.33. The van der Waals surface area contributed by atoms with Crippen LogP contribution in [0, 0.1) is 5.94 Å². The number of amides is 1. The van der Waals surface area contributed by atoms with Gasteiger partial charge < -0.3 is 20.3 Å². The molecular weight excluding hydrogens is 352 g/mol. The molecule has 0 unspecified atom stereocenters. The zero-order valence-electron chi connectivity index (χ0n) is 13.7. The van der Waals surface area contributed by atoms with Gasteiger partial charge in [-0.2, -0.15) is 7.85 Å². The number of rotatable bonds is 1. The van der Waals surface area contributed by atoms with E-state index in [-0.39, 0.29) is 64.3 Å². The van der Waals surface area contributed by atoms with Crippen LogP contribution in [0.5, 0.6) is 0 Å². The summed E-state index contributed by atoms with van der Waals surface area (Å²) in [5.41, 5.74) is 5.93. The Kier molecular flexibility index (Phi) is 7.36. The van der Waals surface area contributed by atoms with Crippen LogP contribution in [0.4, 0.5) is 16.3 Å². The van der Waals surface area contributed by atoms with Crippen LogP contribution >= 0.6 is 0 Å². The molecule has 0 bridgehead atoms. The summed E-state index contributed by atoms with van der Waals surface area (Å²) in [6.45, 7) is 6.99. The molecule has 0 aromatic carbocycles. The maximum absolute atomic E-state index is 12.0. The molecule has 1 aromatic rings. The SMILES string of the molecule is [B][C-]1CN(C(=O)OC(C)(C)C)CCN1c1ccc(N)nc1.[Rb+]. The Morgan fingerprint density at radius 1 is 1.41 bits per heavy atom. The first-order valence-corrected chi connectivity index (χ1v) is 6.84. The smallest absolute Gasteiger partial charge is 0.522 e. The monoisotopic (exact) mass is 372 g/mol. The molecule has 1 aromatic heterocycles. The van der Waals surface area contributed by atoms with E-state index in [1.54, 1.807) is 17.2 Å². The van der Waals surface area contributed by atoms with Crippen molar-refractivity contribution in [3.05, 3.63) is 24.3 Å². The molecule has 0 aliphatic carbocycles. The normalized spacial score (nSPS) is 16.1. The van der Waals surface area contributed by atoms with Crippen LogP contribution in [0.2, 0.25) is 0 Å². The first-order valence-electron chi connectivity index (χ1n) is 6.84. The van der Waals surface area contributed by atoms with Crippen LogP contribution in [-0.2, 0) is 4.74 Å². The Labute approximate surface area is 182 Å². The Balaban J connectivity index is 0.00000242. The number of ether oxygens (including phenoxy) is 1. The van der Waals surface area contributed by atoms with Gasteiger partial charge >= 0.3 is 64.3 Å². The zero-order chi connectivity index (χ0) is 15.6. The number of nitrogen functional groups attached to an aromatic ring is 1. The maximum atomic E-state index is 12.0. The van der Waals surface area contributed by atoms with Gasteiger partial charge in [0.25, 0.3) is 0 Å². The number of pyridine rings is 1. The van der Waals surface area contributed by atoms with E-state index < -0.39 is 5.60 Å². The number of hydrogen-bond acceptors (Lipinski definition) is 5. The summed E-state index contributed by atoms with van der Waals surface area (Å²) >= 11 is 0. The summed E-state index contributed by atoms with van der Waals surface area (Å²) in [4.78, 5) is 19.6. The maximum Gasteiger partial charge on any atom is 1.00 e. The Bertz CT molecular complexity index is 507. The summed E-state index contributed by atoms with van der Waals surface area (Å²) < 4.78 is 5.35. The van der Waals surface area contributed by atoms with E-state index in [1.165, 1.54) is 0 Å². The third kappa shape index (κ3) is 5.51. The molecule has 1 amide bonds. The number of nitrogens with zero attached hydrogens (tertiary/aromatic N) is 3. The van der Waals surface area contributed by atoms with Gasteiger partial charge in [0.1, 0.15) is 11.4 Å². The van der Waals surface area contributed by atoms with Gasteiger partial charge in [-0.3, -0.25) is 0 Å². The Hall–Kier alpha value is -0.110. The quantitative estimate of drug-likeness (QED) is 0.474.